The number of rotatable bonds is 4. The molecule has 0 bridgehead atoms. The van der Waals surface area contributed by atoms with Crippen molar-refractivity contribution < 1.29 is 9.53 Å². The van der Waals surface area contributed by atoms with E-state index in [2.05, 4.69) is 15.0 Å². The van der Waals surface area contributed by atoms with Crippen LogP contribution < -0.4 is 9.64 Å². The summed E-state index contributed by atoms with van der Waals surface area (Å²) in [5.41, 5.74) is 0.826. The van der Waals surface area contributed by atoms with Crippen LogP contribution in [0, 0.1) is 0 Å². The molecule has 1 aliphatic heterocycles. The Morgan fingerprint density at radius 3 is 2.60 bits per heavy atom. The lowest BCUT2D eigenvalue weighted by molar-refractivity contribution is -0.133. The van der Waals surface area contributed by atoms with E-state index < -0.39 is 0 Å². The number of para-hydroxylation sites is 1. The first-order chi connectivity index (χ1) is 12.3. The van der Waals surface area contributed by atoms with Gasteiger partial charge >= 0.3 is 0 Å². The van der Waals surface area contributed by atoms with Crippen molar-refractivity contribution in [1.82, 2.24) is 19.5 Å². The van der Waals surface area contributed by atoms with Crippen molar-refractivity contribution >= 4 is 17.4 Å². The largest absolute Gasteiger partial charge is 0.484 e. The zero-order valence-electron chi connectivity index (χ0n) is 13.8. The third kappa shape index (κ3) is 3.26. The average Bonchev–Trinajstić information content (AvgIpc) is 3.16. The van der Waals surface area contributed by atoms with E-state index >= 15 is 0 Å². The van der Waals surface area contributed by atoms with Gasteiger partial charge < -0.3 is 14.5 Å². The van der Waals surface area contributed by atoms with Crippen molar-refractivity contribution in [2.45, 2.75) is 0 Å². The van der Waals surface area contributed by atoms with Crippen molar-refractivity contribution in [1.29, 1.82) is 0 Å². The smallest absolute Gasteiger partial charge is 0.260 e. The van der Waals surface area contributed by atoms with Crippen LogP contribution >= 0.6 is 0 Å². The van der Waals surface area contributed by atoms with E-state index in [0.29, 0.717) is 18.8 Å². The Morgan fingerprint density at radius 2 is 1.80 bits per heavy atom. The highest BCUT2D eigenvalue weighted by Crippen LogP contribution is 2.17. The fourth-order valence-corrected chi connectivity index (χ4v) is 3.00. The Hall–Kier alpha value is -3.09. The molecule has 1 aromatic carbocycles. The Morgan fingerprint density at radius 1 is 1.00 bits per heavy atom. The van der Waals surface area contributed by atoms with Crippen LogP contribution in [0.3, 0.4) is 0 Å². The first-order valence-corrected chi connectivity index (χ1v) is 8.30. The maximum Gasteiger partial charge on any atom is 0.260 e. The number of anilines is 1. The summed E-state index contributed by atoms with van der Waals surface area (Å²) in [6, 6.07) is 13.2. The van der Waals surface area contributed by atoms with E-state index in [9.17, 15) is 4.79 Å². The Labute approximate surface area is 145 Å². The molecule has 2 aromatic heterocycles. The molecule has 7 nitrogen and oxygen atoms in total. The second-order valence-electron chi connectivity index (χ2n) is 5.87. The number of benzene rings is 1. The first-order valence-electron chi connectivity index (χ1n) is 8.30. The molecule has 4 rings (SSSR count). The van der Waals surface area contributed by atoms with Gasteiger partial charge in [-0.25, -0.2) is 4.98 Å². The normalized spacial score (nSPS) is 14.7. The molecule has 3 aromatic rings. The van der Waals surface area contributed by atoms with Crippen molar-refractivity contribution in [3.8, 4) is 5.75 Å². The lowest BCUT2D eigenvalue weighted by atomic mass is 10.3. The van der Waals surface area contributed by atoms with Crippen LogP contribution in [0.5, 0.6) is 5.75 Å². The molecular formula is C18H19N5O2. The number of nitrogens with zero attached hydrogens (tertiary/aromatic N) is 5. The second kappa shape index (κ2) is 6.80. The summed E-state index contributed by atoms with van der Waals surface area (Å²) in [6.45, 7) is 2.93. The van der Waals surface area contributed by atoms with E-state index in [0.717, 1.165) is 24.6 Å². The molecule has 0 radical (unpaired) electrons. The highest BCUT2D eigenvalue weighted by molar-refractivity contribution is 5.78. The molecule has 128 valence electrons. The van der Waals surface area contributed by atoms with Gasteiger partial charge in [0.2, 0.25) is 0 Å². The van der Waals surface area contributed by atoms with Gasteiger partial charge in [0, 0.05) is 38.4 Å². The Bertz CT molecular complexity index is 856. The number of carbonyl (C=O) groups excluding carboxylic acids is 1. The molecule has 0 unspecified atom stereocenters. The summed E-state index contributed by atoms with van der Waals surface area (Å²) >= 11 is 0. The van der Waals surface area contributed by atoms with Gasteiger partial charge in [-0.2, -0.15) is 9.61 Å². The van der Waals surface area contributed by atoms with Gasteiger partial charge in [0.25, 0.3) is 5.91 Å². The number of hydrogen-bond acceptors (Lipinski definition) is 5. The molecule has 1 amide bonds. The number of hydrogen-bond donors (Lipinski definition) is 0. The van der Waals surface area contributed by atoms with Crippen LogP contribution in [-0.2, 0) is 4.79 Å². The van der Waals surface area contributed by atoms with Gasteiger partial charge in [-0.15, -0.1) is 0 Å². The van der Waals surface area contributed by atoms with E-state index in [4.69, 9.17) is 4.74 Å². The summed E-state index contributed by atoms with van der Waals surface area (Å²) in [7, 11) is 0. The first kappa shape index (κ1) is 15.4. The monoisotopic (exact) mass is 337 g/mol. The summed E-state index contributed by atoms with van der Waals surface area (Å²) in [5, 5.41) is 4.32. The molecule has 0 atom stereocenters. The minimum atomic E-state index is 0.0162. The lowest BCUT2D eigenvalue weighted by Crippen LogP contribution is -2.50. The fraction of sp³-hybridized carbons (Fsp3) is 0.278. The van der Waals surface area contributed by atoms with Crippen molar-refractivity contribution in [3.05, 3.63) is 54.9 Å². The predicted molar refractivity (Wildman–Crippen MR) is 93.7 cm³/mol. The number of amides is 1. The van der Waals surface area contributed by atoms with Gasteiger partial charge in [0.05, 0.1) is 6.20 Å². The highest BCUT2D eigenvalue weighted by Gasteiger charge is 2.23. The average molecular weight is 337 g/mol. The van der Waals surface area contributed by atoms with E-state index in [1.54, 1.807) is 12.4 Å². The second-order valence-corrected chi connectivity index (χ2v) is 5.87. The van der Waals surface area contributed by atoms with Gasteiger partial charge in [-0.1, -0.05) is 18.2 Å². The zero-order chi connectivity index (χ0) is 17.1. The van der Waals surface area contributed by atoms with Gasteiger partial charge in [-0.05, 0) is 18.2 Å². The number of ether oxygens (including phenoxy) is 1. The number of aromatic nitrogens is 3. The lowest BCUT2D eigenvalue weighted by Gasteiger charge is -2.35. The van der Waals surface area contributed by atoms with Crippen molar-refractivity contribution in [2.75, 3.05) is 37.7 Å². The fourth-order valence-electron chi connectivity index (χ4n) is 3.00. The quantitative estimate of drug-likeness (QED) is 0.721. The minimum Gasteiger partial charge on any atom is -0.484 e. The van der Waals surface area contributed by atoms with Gasteiger partial charge in [0.1, 0.15) is 11.6 Å². The molecule has 0 spiro atoms. The third-order valence-corrected chi connectivity index (χ3v) is 4.33. The van der Waals surface area contributed by atoms with Crippen molar-refractivity contribution in [2.24, 2.45) is 0 Å². The summed E-state index contributed by atoms with van der Waals surface area (Å²) in [6.07, 6.45) is 3.53. The predicted octanol–water partition coefficient (Wildman–Crippen LogP) is 1.46. The highest BCUT2D eigenvalue weighted by atomic mass is 16.5. The number of piperazine rings is 1. The Kier molecular flexibility index (Phi) is 4.20. The van der Waals surface area contributed by atoms with Crippen LogP contribution in [0.25, 0.3) is 5.65 Å². The summed E-state index contributed by atoms with van der Waals surface area (Å²) in [5.74, 6) is 1.73. The van der Waals surface area contributed by atoms with E-state index in [1.165, 1.54) is 0 Å². The summed E-state index contributed by atoms with van der Waals surface area (Å²) in [4.78, 5) is 20.7. The van der Waals surface area contributed by atoms with Crippen LogP contribution in [0.4, 0.5) is 5.82 Å². The molecule has 25 heavy (non-hydrogen) atoms. The molecular weight excluding hydrogens is 318 g/mol. The minimum absolute atomic E-state index is 0.0162. The number of carbonyl (C=O) groups is 1. The molecule has 7 heteroatoms. The van der Waals surface area contributed by atoms with Crippen LogP contribution in [0.15, 0.2) is 54.9 Å². The SMILES string of the molecule is O=C(COc1ccccc1)N1CCN(c2ccnc3ccnn23)CC1. The standard InChI is InChI=1S/C18H19N5O2/c24-18(14-25-15-4-2-1-3-5-15)22-12-10-21(11-13-22)17-7-8-19-16-6-9-20-23(16)17/h1-9H,10-14H2. The molecule has 0 saturated carbocycles. The molecule has 3 heterocycles. The summed E-state index contributed by atoms with van der Waals surface area (Å²) < 4.78 is 7.38. The van der Waals surface area contributed by atoms with E-state index in [1.807, 2.05) is 51.9 Å². The van der Waals surface area contributed by atoms with Crippen LogP contribution in [0.1, 0.15) is 0 Å². The van der Waals surface area contributed by atoms with Crippen molar-refractivity contribution in [3.63, 3.8) is 0 Å². The molecule has 1 saturated heterocycles. The maximum absolute atomic E-state index is 12.3. The maximum atomic E-state index is 12.3. The van der Waals surface area contributed by atoms with Crippen LogP contribution in [0.2, 0.25) is 0 Å². The van der Waals surface area contributed by atoms with E-state index in [-0.39, 0.29) is 12.5 Å². The topological polar surface area (TPSA) is 63.0 Å². The van der Waals surface area contributed by atoms with Crippen LogP contribution in [-0.4, -0.2) is 58.2 Å². The molecule has 0 aliphatic carbocycles. The third-order valence-electron chi connectivity index (χ3n) is 4.33. The molecule has 0 N–H and O–H groups in total. The number of fused-ring (bicyclic) bond motifs is 1. The zero-order valence-corrected chi connectivity index (χ0v) is 13.8. The Balaban J connectivity index is 1.35. The molecule has 1 fully saturated rings. The molecule has 1 aliphatic rings. The van der Waals surface area contributed by atoms with Gasteiger partial charge in [-0.3, -0.25) is 4.79 Å². The van der Waals surface area contributed by atoms with Gasteiger partial charge in [0.15, 0.2) is 12.3 Å².